The van der Waals surface area contributed by atoms with E-state index in [1.165, 1.54) is 6.07 Å². The van der Waals surface area contributed by atoms with Crippen LogP contribution in [-0.2, 0) is 6.42 Å². The zero-order valence-corrected chi connectivity index (χ0v) is 10.9. The molecular formula is C12H15Cl2F2N. The van der Waals surface area contributed by atoms with Crippen LogP contribution in [0.4, 0.5) is 8.78 Å². The van der Waals surface area contributed by atoms with Gasteiger partial charge in [0.25, 0.3) is 0 Å². The highest BCUT2D eigenvalue weighted by Crippen LogP contribution is 2.29. The first-order valence-corrected chi connectivity index (χ1v) is 5.80. The summed E-state index contributed by atoms with van der Waals surface area (Å²) in [5, 5.41) is 3.44. The van der Waals surface area contributed by atoms with Gasteiger partial charge in [0.15, 0.2) is 0 Å². The van der Waals surface area contributed by atoms with Crippen LogP contribution < -0.4 is 5.32 Å². The molecule has 0 saturated carbocycles. The van der Waals surface area contributed by atoms with Crippen molar-refractivity contribution in [3.8, 4) is 0 Å². The molecule has 17 heavy (non-hydrogen) atoms. The standard InChI is InChI=1S/C12H14ClF2N.ClH/c13-10-2-1-9(11(14)7-10)8-12(15)3-5-16-6-4-12;/h1-2,7,16H,3-6,8H2;1H. The molecule has 1 N–H and O–H groups in total. The smallest absolute Gasteiger partial charge is 0.127 e. The molecule has 2 rings (SSSR count). The molecule has 1 aliphatic heterocycles. The number of halogens is 4. The highest BCUT2D eigenvalue weighted by atomic mass is 35.5. The van der Waals surface area contributed by atoms with Crippen LogP contribution in [0.25, 0.3) is 0 Å². The van der Waals surface area contributed by atoms with E-state index >= 15 is 0 Å². The van der Waals surface area contributed by atoms with Gasteiger partial charge in [-0.15, -0.1) is 12.4 Å². The molecule has 0 atom stereocenters. The fourth-order valence-corrected chi connectivity index (χ4v) is 2.22. The maximum atomic E-state index is 14.3. The second-order valence-electron chi connectivity index (χ2n) is 4.31. The van der Waals surface area contributed by atoms with Gasteiger partial charge in [0.2, 0.25) is 0 Å². The number of nitrogens with one attached hydrogen (secondary N) is 1. The lowest BCUT2D eigenvalue weighted by Gasteiger charge is -2.30. The van der Waals surface area contributed by atoms with Crippen molar-refractivity contribution in [2.24, 2.45) is 0 Å². The molecule has 0 radical (unpaired) electrons. The Kier molecular flexibility index (Phi) is 5.17. The van der Waals surface area contributed by atoms with Crippen LogP contribution in [0.1, 0.15) is 18.4 Å². The molecule has 1 heterocycles. The minimum absolute atomic E-state index is 0. The van der Waals surface area contributed by atoms with Gasteiger partial charge in [-0.3, -0.25) is 0 Å². The Bertz CT molecular complexity index is 379. The van der Waals surface area contributed by atoms with Gasteiger partial charge in [-0.1, -0.05) is 17.7 Å². The number of alkyl halides is 1. The Morgan fingerprint density at radius 1 is 1.29 bits per heavy atom. The van der Waals surface area contributed by atoms with Crippen molar-refractivity contribution < 1.29 is 8.78 Å². The molecular weight excluding hydrogens is 267 g/mol. The SMILES string of the molecule is Cl.Fc1cc(Cl)ccc1CC1(F)CCNCC1. The second kappa shape index (κ2) is 5.98. The van der Waals surface area contributed by atoms with E-state index < -0.39 is 11.5 Å². The van der Waals surface area contributed by atoms with Crippen molar-refractivity contribution in [3.05, 3.63) is 34.6 Å². The molecule has 1 aromatic carbocycles. The van der Waals surface area contributed by atoms with Gasteiger partial charge in [-0.05, 0) is 43.6 Å². The lowest BCUT2D eigenvalue weighted by Crippen LogP contribution is -2.40. The largest absolute Gasteiger partial charge is 0.316 e. The quantitative estimate of drug-likeness (QED) is 0.875. The van der Waals surface area contributed by atoms with Gasteiger partial charge in [-0.25, -0.2) is 8.78 Å². The lowest BCUT2D eigenvalue weighted by molar-refractivity contribution is 0.115. The highest BCUT2D eigenvalue weighted by Gasteiger charge is 2.32. The molecule has 0 bridgehead atoms. The van der Waals surface area contributed by atoms with E-state index in [1.807, 2.05) is 0 Å². The molecule has 0 aromatic heterocycles. The van der Waals surface area contributed by atoms with E-state index in [2.05, 4.69) is 5.32 Å². The Morgan fingerprint density at radius 3 is 2.53 bits per heavy atom. The summed E-state index contributed by atoms with van der Waals surface area (Å²) in [5.74, 6) is -0.414. The minimum atomic E-state index is -1.28. The monoisotopic (exact) mass is 281 g/mol. The van der Waals surface area contributed by atoms with Crippen molar-refractivity contribution in [2.75, 3.05) is 13.1 Å². The molecule has 1 saturated heterocycles. The zero-order valence-electron chi connectivity index (χ0n) is 9.31. The summed E-state index contributed by atoms with van der Waals surface area (Å²) in [7, 11) is 0. The number of hydrogen-bond donors (Lipinski definition) is 1. The van der Waals surface area contributed by atoms with Crippen LogP contribution in [0.2, 0.25) is 5.02 Å². The van der Waals surface area contributed by atoms with Crippen LogP contribution in [0, 0.1) is 5.82 Å². The van der Waals surface area contributed by atoms with Gasteiger partial charge in [-0.2, -0.15) is 0 Å². The molecule has 0 amide bonds. The van der Waals surface area contributed by atoms with Gasteiger partial charge >= 0.3 is 0 Å². The van der Waals surface area contributed by atoms with Gasteiger partial charge in [0.1, 0.15) is 11.5 Å². The number of hydrogen-bond acceptors (Lipinski definition) is 1. The van der Waals surface area contributed by atoms with Crippen molar-refractivity contribution in [1.29, 1.82) is 0 Å². The van der Waals surface area contributed by atoms with E-state index in [-0.39, 0.29) is 18.8 Å². The average Bonchev–Trinajstić information content (AvgIpc) is 2.23. The van der Waals surface area contributed by atoms with E-state index in [0.717, 1.165) is 0 Å². The van der Waals surface area contributed by atoms with E-state index in [9.17, 15) is 8.78 Å². The average molecular weight is 282 g/mol. The van der Waals surface area contributed by atoms with Crippen molar-refractivity contribution in [1.82, 2.24) is 5.32 Å². The highest BCUT2D eigenvalue weighted by molar-refractivity contribution is 6.30. The summed E-state index contributed by atoms with van der Waals surface area (Å²) >= 11 is 5.65. The first kappa shape index (κ1) is 14.7. The van der Waals surface area contributed by atoms with Crippen LogP contribution >= 0.6 is 24.0 Å². The Morgan fingerprint density at radius 2 is 1.94 bits per heavy atom. The summed E-state index contributed by atoms with van der Waals surface area (Å²) in [6, 6.07) is 4.41. The second-order valence-corrected chi connectivity index (χ2v) is 4.75. The summed E-state index contributed by atoms with van der Waals surface area (Å²) in [5.41, 5.74) is -0.867. The molecule has 1 aliphatic rings. The fourth-order valence-electron chi connectivity index (χ4n) is 2.06. The van der Waals surface area contributed by atoms with E-state index in [0.29, 0.717) is 36.5 Å². The number of piperidine rings is 1. The Balaban J connectivity index is 0.00000144. The Labute approximate surface area is 111 Å². The van der Waals surface area contributed by atoms with E-state index in [4.69, 9.17) is 11.6 Å². The molecule has 1 fully saturated rings. The van der Waals surface area contributed by atoms with Crippen molar-refractivity contribution in [2.45, 2.75) is 24.9 Å². The molecule has 1 nitrogen and oxygen atoms in total. The maximum absolute atomic E-state index is 14.3. The number of rotatable bonds is 2. The first-order chi connectivity index (χ1) is 7.59. The zero-order chi connectivity index (χ0) is 11.6. The summed E-state index contributed by atoms with van der Waals surface area (Å²) in [6.45, 7) is 1.32. The van der Waals surface area contributed by atoms with Crippen LogP contribution in [-0.4, -0.2) is 18.8 Å². The molecule has 0 spiro atoms. The maximum Gasteiger partial charge on any atom is 0.127 e. The van der Waals surface area contributed by atoms with Crippen LogP contribution in [0.3, 0.4) is 0 Å². The summed E-state index contributed by atoms with van der Waals surface area (Å²) in [6.07, 6.45) is 1.02. The summed E-state index contributed by atoms with van der Waals surface area (Å²) < 4.78 is 27.8. The van der Waals surface area contributed by atoms with Crippen LogP contribution in [0.5, 0.6) is 0 Å². The van der Waals surface area contributed by atoms with Gasteiger partial charge in [0.05, 0.1) is 0 Å². The first-order valence-electron chi connectivity index (χ1n) is 5.43. The third kappa shape index (κ3) is 3.80. The topological polar surface area (TPSA) is 12.0 Å². The molecule has 1 aromatic rings. The third-order valence-corrected chi connectivity index (χ3v) is 3.26. The van der Waals surface area contributed by atoms with Crippen LogP contribution in [0.15, 0.2) is 18.2 Å². The third-order valence-electron chi connectivity index (χ3n) is 3.02. The number of benzene rings is 1. The minimum Gasteiger partial charge on any atom is -0.316 e. The molecule has 5 heteroatoms. The predicted octanol–water partition coefficient (Wildman–Crippen LogP) is 3.54. The Hall–Kier alpha value is -0.380. The fraction of sp³-hybridized carbons (Fsp3) is 0.500. The van der Waals surface area contributed by atoms with Crippen molar-refractivity contribution in [3.63, 3.8) is 0 Å². The van der Waals surface area contributed by atoms with Gasteiger partial charge < -0.3 is 5.32 Å². The molecule has 0 unspecified atom stereocenters. The lowest BCUT2D eigenvalue weighted by atomic mass is 9.87. The van der Waals surface area contributed by atoms with E-state index in [1.54, 1.807) is 12.1 Å². The summed E-state index contributed by atoms with van der Waals surface area (Å²) in [4.78, 5) is 0. The van der Waals surface area contributed by atoms with Crippen molar-refractivity contribution >= 4 is 24.0 Å². The van der Waals surface area contributed by atoms with Gasteiger partial charge in [0, 0.05) is 11.4 Å². The molecule has 0 aliphatic carbocycles. The molecule has 96 valence electrons. The predicted molar refractivity (Wildman–Crippen MR) is 68.3 cm³/mol. The normalized spacial score (nSPS) is 18.5.